The molecule has 0 bridgehead atoms. The summed E-state index contributed by atoms with van der Waals surface area (Å²) in [6.45, 7) is 5.92. The minimum absolute atomic E-state index is 0.117. The Morgan fingerprint density at radius 1 is 1.48 bits per heavy atom. The molecule has 0 saturated heterocycles. The molecule has 0 N–H and O–H groups in total. The van der Waals surface area contributed by atoms with Crippen LogP contribution in [0.15, 0.2) is 55.5 Å². The van der Waals surface area contributed by atoms with Gasteiger partial charge in [0.05, 0.1) is 11.9 Å². The fraction of sp³-hybridized carbons (Fsp3) is 0.412. The third-order valence-corrected chi connectivity index (χ3v) is 4.41. The van der Waals surface area contributed by atoms with E-state index in [4.69, 9.17) is 4.42 Å². The van der Waals surface area contributed by atoms with Crippen molar-refractivity contribution in [1.29, 1.82) is 0 Å². The lowest BCUT2D eigenvalue weighted by Crippen LogP contribution is -2.37. The highest BCUT2D eigenvalue weighted by molar-refractivity contribution is 7.99. The van der Waals surface area contributed by atoms with E-state index in [1.807, 2.05) is 19.9 Å². The second-order valence-electron chi connectivity index (χ2n) is 5.10. The molecule has 0 fully saturated rings. The number of amides is 1. The number of allylic oxidation sites excluding steroid dienone is 3. The largest absolute Gasteiger partial charge is 0.440 e. The van der Waals surface area contributed by atoms with Crippen LogP contribution >= 0.6 is 11.8 Å². The van der Waals surface area contributed by atoms with E-state index in [-0.39, 0.29) is 12.5 Å². The molecule has 7 nitrogen and oxygen atoms in total. The van der Waals surface area contributed by atoms with Crippen molar-refractivity contribution in [2.45, 2.75) is 32.4 Å². The minimum Gasteiger partial charge on any atom is -0.440 e. The first-order valence-electron chi connectivity index (χ1n) is 7.90. The predicted octanol–water partition coefficient (Wildman–Crippen LogP) is 3.46. The van der Waals surface area contributed by atoms with E-state index in [0.29, 0.717) is 11.0 Å². The van der Waals surface area contributed by atoms with Gasteiger partial charge in [-0.25, -0.2) is 15.0 Å². The van der Waals surface area contributed by atoms with Crippen molar-refractivity contribution >= 4 is 17.7 Å². The molecule has 0 aliphatic carbocycles. The highest BCUT2D eigenvalue weighted by atomic mass is 32.2. The van der Waals surface area contributed by atoms with Gasteiger partial charge in [0.1, 0.15) is 12.8 Å². The first kappa shape index (κ1) is 18.8. The standard InChI is InChI=1S/C17H21N5O2S/c1-5-8-13(6-2)14(12-25-17-18-9-10-24-17)15(7-3)22-11-16(23)21(4)19-20-22/h7,9-10H,6,11-12H2,1-4H3/b14-13+,15-7+. The van der Waals surface area contributed by atoms with E-state index in [1.165, 1.54) is 16.8 Å². The average Bonchev–Trinajstić information content (AvgIpc) is 3.13. The molecule has 0 saturated carbocycles. The molecule has 25 heavy (non-hydrogen) atoms. The number of likely N-dealkylation sites (N-methyl/N-ethyl adjacent to an activating group) is 1. The van der Waals surface area contributed by atoms with Gasteiger partial charge in [-0.2, -0.15) is 0 Å². The molecule has 1 aromatic heterocycles. The molecule has 0 radical (unpaired) electrons. The number of hydrogen-bond donors (Lipinski definition) is 0. The van der Waals surface area contributed by atoms with Crippen LogP contribution in [-0.2, 0) is 4.79 Å². The second-order valence-corrected chi connectivity index (χ2v) is 6.03. The Bertz CT molecular complexity index is 756. The van der Waals surface area contributed by atoms with Gasteiger partial charge >= 0.3 is 0 Å². The molecule has 0 aromatic carbocycles. The summed E-state index contributed by atoms with van der Waals surface area (Å²) in [7, 11) is 1.59. The Kier molecular flexibility index (Phi) is 6.83. The van der Waals surface area contributed by atoms with Crippen molar-refractivity contribution in [3.8, 4) is 11.8 Å². The summed E-state index contributed by atoms with van der Waals surface area (Å²) in [6, 6.07) is 0. The number of nitrogens with zero attached hydrogens (tertiary/aromatic N) is 5. The van der Waals surface area contributed by atoms with Crippen molar-refractivity contribution < 1.29 is 9.21 Å². The van der Waals surface area contributed by atoms with Gasteiger partial charge in [-0.15, -0.1) is 5.92 Å². The summed E-state index contributed by atoms with van der Waals surface area (Å²) in [5.74, 6) is 6.61. The fourth-order valence-corrected chi connectivity index (χ4v) is 3.14. The zero-order valence-corrected chi connectivity index (χ0v) is 15.6. The van der Waals surface area contributed by atoms with Gasteiger partial charge in [0.15, 0.2) is 0 Å². The Morgan fingerprint density at radius 2 is 2.28 bits per heavy atom. The fourth-order valence-electron chi connectivity index (χ4n) is 2.29. The zero-order chi connectivity index (χ0) is 18.2. The normalized spacial score (nSPS) is 15.8. The quantitative estimate of drug-likeness (QED) is 0.442. The molecular formula is C17H21N5O2S. The van der Waals surface area contributed by atoms with Crippen LogP contribution in [0.25, 0.3) is 0 Å². The van der Waals surface area contributed by atoms with E-state index < -0.39 is 0 Å². The van der Waals surface area contributed by atoms with Crippen LogP contribution in [0.3, 0.4) is 0 Å². The first-order chi connectivity index (χ1) is 12.1. The molecule has 0 atom stereocenters. The van der Waals surface area contributed by atoms with Crippen LogP contribution in [0.1, 0.15) is 27.2 Å². The van der Waals surface area contributed by atoms with Crippen molar-refractivity contribution in [1.82, 2.24) is 15.0 Å². The van der Waals surface area contributed by atoms with Crippen molar-refractivity contribution in [2.24, 2.45) is 10.4 Å². The molecular weight excluding hydrogens is 338 g/mol. The maximum atomic E-state index is 12.0. The Balaban J connectivity index is 2.36. The van der Waals surface area contributed by atoms with Gasteiger partial charge in [-0.05, 0) is 36.3 Å². The molecule has 0 spiro atoms. The van der Waals surface area contributed by atoms with E-state index in [1.54, 1.807) is 24.5 Å². The number of hydrogen-bond acceptors (Lipinski definition) is 7. The molecule has 1 aliphatic heterocycles. The van der Waals surface area contributed by atoms with E-state index >= 15 is 0 Å². The van der Waals surface area contributed by atoms with Crippen molar-refractivity contribution in [3.63, 3.8) is 0 Å². The molecule has 2 heterocycles. The number of carbonyl (C=O) groups excluding carboxylic acids is 1. The van der Waals surface area contributed by atoms with E-state index in [2.05, 4.69) is 34.2 Å². The van der Waals surface area contributed by atoms with Crippen LogP contribution in [-0.4, -0.2) is 40.3 Å². The Hall–Kier alpha value is -2.53. The molecule has 2 rings (SSSR count). The van der Waals surface area contributed by atoms with Gasteiger partial charge in [-0.3, -0.25) is 4.79 Å². The van der Waals surface area contributed by atoms with Gasteiger partial charge in [0, 0.05) is 18.4 Å². The first-order valence-corrected chi connectivity index (χ1v) is 8.88. The Morgan fingerprint density at radius 3 is 2.84 bits per heavy atom. The van der Waals surface area contributed by atoms with Crippen LogP contribution in [0.4, 0.5) is 0 Å². The highest BCUT2D eigenvalue weighted by Gasteiger charge is 2.24. The topological polar surface area (TPSA) is 74.3 Å². The summed E-state index contributed by atoms with van der Waals surface area (Å²) in [5.41, 5.74) is 2.82. The van der Waals surface area contributed by atoms with Gasteiger partial charge in [0.2, 0.25) is 0 Å². The number of oxazole rings is 1. The van der Waals surface area contributed by atoms with Crippen LogP contribution in [0, 0.1) is 11.8 Å². The summed E-state index contributed by atoms with van der Waals surface area (Å²) in [4.78, 5) is 16.1. The third-order valence-electron chi connectivity index (χ3n) is 3.53. The minimum atomic E-state index is -0.117. The maximum absolute atomic E-state index is 12.0. The summed E-state index contributed by atoms with van der Waals surface area (Å²) < 4.78 is 5.30. The maximum Gasteiger partial charge on any atom is 0.265 e. The van der Waals surface area contributed by atoms with Gasteiger partial charge in [-0.1, -0.05) is 30.7 Å². The van der Waals surface area contributed by atoms with E-state index in [9.17, 15) is 4.79 Å². The summed E-state index contributed by atoms with van der Waals surface area (Å²) in [5, 5.41) is 11.5. The number of rotatable bonds is 6. The summed E-state index contributed by atoms with van der Waals surface area (Å²) >= 11 is 1.48. The Labute approximate surface area is 151 Å². The summed E-state index contributed by atoms with van der Waals surface area (Å²) in [6.07, 6.45) is 5.86. The SMILES string of the molecule is CC#C/C(CC)=C(CSc1ncco1)/C(=C\C)N1CC(=O)N(C)N=N1. The number of carbonyl (C=O) groups is 1. The number of thioether (sulfide) groups is 1. The van der Waals surface area contributed by atoms with Crippen LogP contribution in [0.2, 0.25) is 0 Å². The van der Waals surface area contributed by atoms with E-state index in [0.717, 1.165) is 23.3 Å². The highest BCUT2D eigenvalue weighted by Crippen LogP contribution is 2.29. The smallest absolute Gasteiger partial charge is 0.265 e. The number of aromatic nitrogens is 1. The lowest BCUT2D eigenvalue weighted by molar-refractivity contribution is -0.133. The molecule has 1 aliphatic rings. The lowest BCUT2D eigenvalue weighted by Gasteiger charge is -2.27. The molecule has 132 valence electrons. The molecule has 0 unspecified atom stereocenters. The van der Waals surface area contributed by atoms with Gasteiger partial charge in [0.25, 0.3) is 11.1 Å². The molecule has 1 aromatic rings. The zero-order valence-electron chi connectivity index (χ0n) is 14.8. The van der Waals surface area contributed by atoms with Crippen LogP contribution < -0.4 is 0 Å². The monoisotopic (exact) mass is 359 g/mol. The van der Waals surface area contributed by atoms with Crippen LogP contribution in [0.5, 0.6) is 0 Å². The average molecular weight is 359 g/mol. The molecule has 8 heteroatoms. The van der Waals surface area contributed by atoms with Crippen molar-refractivity contribution in [2.75, 3.05) is 19.3 Å². The predicted molar refractivity (Wildman–Crippen MR) is 96.1 cm³/mol. The van der Waals surface area contributed by atoms with Gasteiger partial charge < -0.3 is 4.42 Å². The lowest BCUT2D eigenvalue weighted by atomic mass is 10.0. The third kappa shape index (κ3) is 4.73. The second kappa shape index (κ2) is 9.08. The molecule has 1 amide bonds. The van der Waals surface area contributed by atoms with Crippen molar-refractivity contribution in [3.05, 3.63) is 35.4 Å².